The first-order chi connectivity index (χ1) is 16.5. The first-order valence-corrected chi connectivity index (χ1v) is 12.0. The molecule has 0 spiro atoms. The van der Waals surface area contributed by atoms with E-state index in [0.29, 0.717) is 20.6 Å². The highest BCUT2D eigenvalue weighted by Gasteiger charge is 2.33. The highest BCUT2D eigenvalue weighted by Crippen LogP contribution is 2.31. The third kappa shape index (κ3) is 3.82. The Kier molecular flexibility index (Phi) is 5.79. The molecular formula is C27H24N2O4S. The Morgan fingerprint density at radius 2 is 1.91 bits per heavy atom. The second-order valence-corrected chi connectivity index (χ2v) is 9.16. The molecule has 0 aliphatic carbocycles. The van der Waals surface area contributed by atoms with Crippen molar-refractivity contribution in [2.24, 2.45) is 4.99 Å². The maximum absolute atomic E-state index is 13.7. The summed E-state index contributed by atoms with van der Waals surface area (Å²) in [5.41, 5.74) is 3.45. The standard InChI is InChI=1S/C27H24N2O4S/c1-4-32-26(31)23-16(2)28-27-29(24(23)18-10-6-5-7-11-18)25(30)22(34-27)15-20-14-19-12-8-9-13-21(19)33-17(20)3/h5-15,17,24H,4H2,1-3H3/b22-15+. The van der Waals surface area contributed by atoms with Crippen molar-refractivity contribution in [2.75, 3.05) is 6.61 Å². The number of rotatable bonds is 4. The highest BCUT2D eigenvalue weighted by atomic mass is 32.1. The molecule has 3 aromatic rings. The Morgan fingerprint density at radius 3 is 2.68 bits per heavy atom. The van der Waals surface area contributed by atoms with Gasteiger partial charge in [0, 0.05) is 5.56 Å². The van der Waals surface area contributed by atoms with Gasteiger partial charge in [-0.1, -0.05) is 59.9 Å². The van der Waals surface area contributed by atoms with E-state index in [1.54, 1.807) is 18.4 Å². The molecule has 5 rings (SSSR count). The second-order valence-electron chi connectivity index (χ2n) is 8.16. The maximum Gasteiger partial charge on any atom is 0.338 e. The largest absolute Gasteiger partial charge is 0.485 e. The quantitative estimate of drug-likeness (QED) is 0.544. The van der Waals surface area contributed by atoms with Crippen LogP contribution in [0.4, 0.5) is 0 Å². The number of esters is 1. The molecule has 7 heteroatoms. The third-order valence-electron chi connectivity index (χ3n) is 5.94. The number of thiazole rings is 1. The summed E-state index contributed by atoms with van der Waals surface area (Å²) in [4.78, 5) is 31.8. The van der Waals surface area contributed by atoms with Crippen molar-refractivity contribution in [1.29, 1.82) is 0 Å². The first kappa shape index (κ1) is 22.1. The van der Waals surface area contributed by atoms with Crippen molar-refractivity contribution in [3.05, 3.63) is 102 Å². The van der Waals surface area contributed by atoms with Gasteiger partial charge >= 0.3 is 5.97 Å². The predicted octanol–water partition coefficient (Wildman–Crippen LogP) is 3.61. The molecule has 0 saturated heterocycles. The van der Waals surface area contributed by atoms with Crippen LogP contribution in [0.3, 0.4) is 0 Å². The monoisotopic (exact) mass is 472 g/mol. The van der Waals surface area contributed by atoms with Crippen LogP contribution in [0.1, 0.15) is 37.9 Å². The number of fused-ring (bicyclic) bond motifs is 2. The molecule has 2 unspecified atom stereocenters. The minimum atomic E-state index is -0.603. The number of carbonyl (C=O) groups is 1. The molecule has 172 valence electrons. The lowest BCUT2D eigenvalue weighted by Crippen LogP contribution is -2.40. The highest BCUT2D eigenvalue weighted by molar-refractivity contribution is 7.07. The van der Waals surface area contributed by atoms with Crippen LogP contribution in [0, 0.1) is 0 Å². The molecule has 0 fully saturated rings. The lowest BCUT2D eigenvalue weighted by atomic mass is 9.96. The molecule has 2 aromatic carbocycles. The Balaban J connectivity index is 1.69. The summed E-state index contributed by atoms with van der Waals surface area (Å²) in [5.74, 6) is 0.368. The van der Waals surface area contributed by atoms with Crippen LogP contribution in [-0.4, -0.2) is 23.2 Å². The fourth-order valence-corrected chi connectivity index (χ4v) is 5.36. The number of para-hydroxylation sites is 1. The van der Waals surface area contributed by atoms with Crippen LogP contribution < -0.4 is 19.6 Å². The smallest absolute Gasteiger partial charge is 0.338 e. The van der Waals surface area contributed by atoms with Gasteiger partial charge < -0.3 is 9.47 Å². The molecule has 0 N–H and O–H groups in total. The van der Waals surface area contributed by atoms with Crippen molar-refractivity contribution in [1.82, 2.24) is 4.57 Å². The third-order valence-corrected chi connectivity index (χ3v) is 6.93. The van der Waals surface area contributed by atoms with Gasteiger partial charge in [0.15, 0.2) is 4.80 Å². The molecule has 0 saturated carbocycles. The molecule has 0 radical (unpaired) electrons. The first-order valence-electron chi connectivity index (χ1n) is 11.2. The topological polar surface area (TPSA) is 69.9 Å². The fourth-order valence-electron chi connectivity index (χ4n) is 4.32. The molecule has 6 nitrogen and oxygen atoms in total. The summed E-state index contributed by atoms with van der Waals surface area (Å²) in [7, 11) is 0. The Morgan fingerprint density at radius 1 is 1.18 bits per heavy atom. The number of hydrogen-bond acceptors (Lipinski definition) is 6. The summed E-state index contributed by atoms with van der Waals surface area (Å²) in [6.07, 6.45) is 3.72. The van der Waals surface area contributed by atoms with E-state index in [9.17, 15) is 9.59 Å². The van der Waals surface area contributed by atoms with Gasteiger partial charge in [0.2, 0.25) is 0 Å². The van der Waals surface area contributed by atoms with E-state index in [1.165, 1.54) is 11.3 Å². The minimum absolute atomic E-state index is 0.195. The van der Waals surface area contributed by atoms with Crippen molar-refractivity contribution in [2.45, 2.75) is 32.9 Å². The SMILES string of the molecule is CCOC(=O)C1=C(C)N=c2s/c(=C/C3=Cc4ccccc4OC3C)c(=O)n2C1c1ccccc1. The van der Waals surface area contributed by atoms with Crippen LogP contribution in [-0.2, 0) is 9.53 Å². The number of benzene rings is 2. The Labute approximate surface area is 200 Å². The van der Waals surface area contributed by atoms with E-state index < -0.39 is 12.0 Å². The Bertz CT molecular complexity index is 1510. The molecule has 0 amide bonds. The van der Waals surface area contributed by atoms with E-state index in [-0.39, 0.29) is 18.3 Å². The summed E-state index contributed by atoms with van der Waals surface area (Å²) < 4.78 is 13.5. The number of aromatic nitrogens is 1. The van der Waals surface area contributed by atoms with Gasteiger partial charge in [-0.15, -0.1) is 0 Å². The zero-order valence-electron chi connectivity index (χ0n) is 19.1. The number of nitrogens with zero attached hydrogens (tertiary/aromatic N) is 2. The number of allylic oxidation sites excluding steroid dienone is 1. The molecule has 1 aromatic heterocycles. The van der Waals surface area contributed by atoms with Gasteiger partial charge in [-0.2, -0.15) is 0 Å². The molecule has 34 heavy (non-hydrogen) atoms. The average molecular weight is 473 g/mol. The van der Waals surface area contributed by atoms with Crippen LogP contribution in [0.2, 0.25) is 0 Å². The Hall–Kier alpha value is -3.71. The van der Waals surface area contributed by atoms with Crippen LogP contribution >= 0.6 is 11.3 Å². The molecular weight excluding hydrogens is 448 g/mol. The summed E-state index contributed by atoms with van der Waals surface area (Å²) in [6.45, 7) is 5.76. The summed E-state index contributed by atoms with van der Waals surface area (Å²) in [6, 6.07) is 16.7. The van der Waals surface area contributed by atoms with Gasteiger partial charge in [-0.05, 0) is 50.1 Å². The van der Waals surface area contributed by atoms with Crippen LogP contribution in [0.15, 0.2) is 81.2 Å². The molecule has 3 heterocycles. The van der Waals surface area contributed by atoms with Gasteiger partial charge in [0.25, 0.3) is 5.56 Å². The van der Waals surface area contributed by atoms with Gasteiger partial charge in [-0.3, -0.25) is 9.36 Å². The molecule has 2 aliphatic heterocycles. The van der Waals surface area contributed by atoms with E-state index >= 15 is 0 Å². The second kappa shape index (κ2) is 8.91. The van der Waals surface area contributed by atoms with E-state index in [2.05, 4.69) is 4.99 Å². The molecule has 2 aliphatic rings. The van der Waals surface area contributed by atoms with Gasteiger partial charge in [0.05, 0.1) is 28.5 Å². The van der Waals surface area contributed by atoms with E-state index in [4.69, 9.17) is 9.47 Å². The molecule has 0 bridgehead atoms. The minimum Gasteiger partial charge on any atom is -0.485 e. The number of hydrogen-bond donors (Lipinski definition) is 0. The van der Waals surface area contributed by atoms with Crippen molar-refractivity contribution < 1.29 is 14.3 Å². The van der Waals surface area contributed by atoms with Crippen molar-refractivity contribution in [3.63, 3.8) is 0 Å². The predicted molar refractivity (Wildman–Crippen MR) is 132 cm³/mol. The number of carbonyl (C=O) groups excluding carboxylic acids is 1. The van der Waals surface area contributed by atoms with E-state index in [1.807, 2.05) is 73.7 Å². The maximum atomic E-state index is 13.7. The van der Waals surface area contributed by atoms with Crippen molar-refractivity contribution >= 4 is 29.5 Å². The van der Waals surface area contributed by atoms with Gasteiger partial charge in [0.1, 0.15) is 11.9 Å². The average Bonchev–Trinajstić information content (AvgIpc) is 3.13. The number of ether oxygens (including phenoxy) is 2. The zero-order chi connectivity index (χ0) is 23.8. The van der Waals surface area contributed by atoms with E-state index in [0.717, 1.165) is 22.4 Å². The van der Waals surface area contributed by atoms with Crippen LogP contribution in [0.25, 0.3) is 12.2 Å². The molecule has 2 atom stereocenters. The normalized spacial score (nSPS) is 19.5. The lowest BCUT2D eigenvalue weighted by molar-refractivity contribution is -0.139. The van der Waals surface area contributed by atoms with Crippen LogP contribution in [0.5, 0.6) is 5.75 Å². The zero-order valence-corrected chi connectivity index (χ0v) is 20.0. The fraction of sp³-hybridized carbons (Fsp3) is 0.222. The summed E-state index contributed by atoms with van der Waals surface area (Å²) >= 11 is 1.31. The van der Waals surface area contributed by atoms with Gasteiger partial charge in [-0.25, -0.2) is 9.79 Å². The summed E-state index contributed by atoms with van der Waals surface area (Å²) in [5, 5.41) is 0. The van der Waals surface area contributed by atoms with Crippen molar-refractivity contribution in [3.8, 4) is 5.75 Å². The lowest BCUT2D eigenvalue weighted by Gasteiger charge is -2.24.